The maximum Gasteiger partial charge on any atom is 0.277 e. The van der Waals surface area contributed by atoms with Crippen molar-refractivity contribution < 1.29 is 9.28 Å². The number of fused-ring (bicyclic) bond motifs is 3. The van der Waals surface area contributed by atoms with E-state index in [-0.39, 0.29) is 11.9 Å². The van der Waals surface area contributed by atoms with Gasteiger partial charge in [0.25, 0.3) is 5.91 Å². The molecule has 0 aromatic carbocycles. The van der Waals surface area contributed by atoms with Crippen LogP contribution >= 0.6 is 0 Å². The van der Waals surface area contributed by atoms with Crippen molar-refractivity contribution in [2.24, 2.45) is 5.73 Å². The quantitative estimate of drug-likeness (QED) is 0.493. The molecule has 0 aromatic heterocycles. The number of likely N-dealkylation sites (N-methyl/N-ethyl adjacent to an activating group) is 1. The number of nitrogens with zero attached hydrogens (tertiary/aromatic N) is 2. The van der Waals surface area contributed by atoms with Crippen molar-refractivity contribution in [1.29, 1.82) is 0 Å². The summed E-state index contributed by atoms with van der Waals surface area (Å²) >= 11 is 0. The van der Waals surface area contributed by atoms with Crippen molar-refractivity contribution in [1.82, 2.24) is 4.90 Å². The number of quaternary nitrogens is 1. The average molecular weight is 170 g/mol. The summed E-state index contributed by atoms with van der Waals surface area (Å²) in [5.74, 6) is -0.137. The molecule has 1 atom stereocenters. The van der Waals surface area contributed by atoms with Crippen LogP contribution in [0.5, 0.6) is 0 Å². The lowest BCUT2D eigenvalue weighted by Crippen LogP contribution is -2.73. The molecule has 0 saturated carbocycles. The molecule has 0 aliphatic carbocycles. The Hall–Kier alpha value is -0.610. The van der Waals surface area contributed by atoms with E-state index in [1.807, 2.05) is 0 Å². The molecule has 3 aliphatic heterocycles. The number of rotatable bonds is 1. The van der Waals surface area contributed by atoms with Gasteiger partial charge in [0.2, 0.25) is 0 Å². The van der Waals surface area contributed by atoms with Gasteiger partial charge >= 0.3 is 0 Å². The number of nitrogens with two attached hydrogens (primary N) is 1. The Bertz CT molecular complexity index is 208. The van der Waals surface area contributed by atoms with Crippen LogP contribution in [0.15, 0.2) is 0 Å². The molecule has 0 spiro atoms. The summed E-state index contributed by atoms with van der Waals surface area (Å²) < 4.78 is 0.867. The Morgan fingerprint density at radius 2 is 2.08 bits per heavy atom. The molecule has 68 valence electrons. The Labute approximate surface area is 72.5 Å². The molecular weight excluding hydrogens is 154 g/mol. The molecule has 4 nitrogen and oxygen atoms in total. The van der Waals surface area contributed by atoms with Gasteiger partial charge in [-0.3, -0.25) is 9.69 Å². The largest absolute Gasteiger partial charge is 0.364 e. The van der Waals surface area contributed by atoms with Gasteiger partial charge in [-0.15, -0.1) is 0 Å². The van der Waals surface area contributed by atoms with Crippen molar-refractivity contribution in [3.63, 3.8) is 0 Å². The van der Waals surface area contributed by atoms with Crippen LogP contribution in [-0.4, -0.2) is 61.1 Å². The normalized spacial score (nSPS) is 46.1. The van der Waals surface area contributed by atoms with Crippen LogP contribution in [0, 0.1) is 0 Å². The summed E-state index contributed by atoms with van der Waals surface area (Å²) in [7, 11) is 2.14. The summed E-state index contributed by atoms with van der Waals surface area (Å²) in [6.07, 6.45) is 0. The molecule has 3 saturated heterocycles. The number of amides is 1. The Morgan fingerprint density at radius 1 is 1.50 bits per heavy atom. The molecule has 3 aliphatic rings. The minimum absolute atomic E-state index is 0.0347. The highest BCUT2D eigenvalue weighted by molar-refractivity contribution is 5.79. The molecule has 2 N–H and O–H groups in total. The Balaban J connectivity index is 2.20. The first-order valence-electron chi connectivity index (χ1n) is 4.48. The second-order valence-electron chi connectivity index (χ2n) is 4.15. The number of primary amides is 1. The van der Waals surface area contributed by atoms with Gasteiger partial charge in [0.15, 0.2) is 6.04 Å². The molecule has 0 radical (unpaired) electrons. The molecule has 1 amide bonds. The van der Waals surface area contributed by atoms with E-state index in [1.54, 1.807) is 0 Å². The minimum atomic E-state index is -0.137. The average Bonchev–Trinajstić information content (AvgIpc) is 2.04. The van der Waals surface area contributed by atoms with E-state index in [4.69, 9.17) is 5.73 Å². The van der Waals surface area contributed by atoms with Crippen molar-refractivity contribution in [2.45, 2.75) is 6.04 Å². The minimum Gasteiger partial charge on any atom is -0.364 e. The SMILES string of the molecule is C[N+]12CCN(CC1)CC2C(N)=O. The molecule has 3 fully saturated rings. The first-order valence-corrected chi connectivity index (χ1v) is 4.48. The third-order valence-electron chi connectivity index (χ3n) is 3.37. The highest BCUT2D eigenvalue weighted by Crippen LogP contribution is 2.22. The zero-order valence-corrected chi connectivity index (χ0v) is 7.49. The van der Waals surface area contributed by atoms with E-state index < -0.39 is 0 Å². The zero-order chi connectivity index (χ0) is 8.77. The third-order valence-corrected chi connectivity index (χ3v) is 3.37. The van der Waals surface area contributed by atoms with Gasteiger partial charge in [-0.2, -0.15) is 0 Å². The van der Waals surface area contributed by atoms with Gasteiger partial charge < -0.3 is 10.2 Å². The van der Waals surface area contributed by atoms with Gasteiger partial charge in [-0.1, -0.05) is 0 Å². The van der Waals surface area contributed by atoms with Crippen molar-refractivity contribution >= 4 is 5.91 Å². The summed E-state index contributed by atoms with van der Waals surface area (Å²) in [6, 6.07) is 0.0347. The van der Waals surface area contributed by atoms with Crippen LogP contribution in [0.3, 0.4) is 0 Å². The summed E-state index contributed by atoms with van der Waals surface area (Å²) in [4.78, 5) is 13.5. The number of hydrogen-bond acceptors (Lipinski definition) is 2. The Kier molecular flexibility index (Phi) is 1.63. The van der Waals surface area contributed by atoms with Crippen LogP contribution in [0.4, 0.5) is 0 Å². The van der Waals surface area contributed by atoms with E-state index >= 15 is 0 Å². The molecule has 2 bridgehead atoms. The van der Waals surface area contributed by atoms with Crippen molar-refractivity contribution in [2.75, 3.05) is 39.8 Å². The van der Waals surface area contributed by atoms with Gasteiger partial charge in [-0.05, 0) is 0 Å². The lowest BCUT2D eigenvalue weighted by Gasteiger charge is -2.52. The van der Waals surface area contributed by atoms with Crippen LogP contribution in [0.25, 0.3) is 0 Å². The van der Waals surface area contributed by atoms with Crippen molar-refractivity contribution in [3.8, 4) is 0 Å². The summed E-state index contributed by atoms with van der Waals surface area (Å²) in [5.41, 5.74) is 5.36. The summed E-state index contributed by atoms with van der Waals surface area (Å²) in [6.45, 7) is 5.27. The second-order valence-corrected chi connectivity index (χ2v) is 4.15. The maximum atomic E-state index is 11.1. The third kappa shape index (κ3) is 1.03. The predicted octanol–water partition coefficient (Wildman–Crippen LogP) is -1.38. The fraction of sp³-hybridized carbons (Fsp3) is 0.875. The topological polar surface area (TPSA) is 46.3 Å². The van der Waals surface area contributed by atoms with Crippen LogP contribution in [-0.2, 0) is 4.79 Å². The first kappa shape index (κ1) is 8.01. The molecule has 3 rings (SSSR count). The lowest BCUT2D eigenvalue weighted by atomic mass is 10.0. The molecule has 1 unspecified atom stereocenters. The fourth-order valence-corrected chi connectivity index (χ4v) is 2.30. The standard InChI is InChI=1S/C8H15N3O/c1-11-4-2-10(3-5-11)6-7(11)8(9)12/h7H,2-6H2,1H3,(H-,9,12)/p+1. The van der Waals surface area contributed by atoms with E-state index in [2.05, 4.69) is 11.9 Å². The van der Waals surface area contributed by atoms with Crippen LogP contribution < -0.4 is 5.73 Å². The van der Waals surface area contributed by atoms with Crippen molar-refractivity contribution in [3.05, 3.63) is 0 Å². The lowest BCUT2D eigenvalue weighted by molar-refractivity contribution is -0.938. The summed E-state index contributed by atoms with van der Waals surface area (Å²) in [5, 5.41) is 0. The number of carbonyl (C=O) groups excluding carboxylic acids is 1. The fourth-order valence-electron chi connectivity index (χ4n) is 2.30. The van der Waals surface area contributed by atoms with E-state index in [0.29, 0.717) is 0 Å². The number of hydrogen-bond donors (Lipinski definition) is 1. The van der Waals surface area contributed by atoms with Gasteiger partial charge in [0.1, 0.15) is 0 Å². The predicted molar refractivity (Wildman–Crippen MR) is 45.3 cm³/mol. The monoisotopic (exact) mass is 170 g/mol. The Morgan fingerprint density at radius 3 is 2.42 bits per heavy atom. The molecule has 4 heteroatoms. The van der Waals surface area contributed by atoms with Gasteiger partial charge in [0.05, 0.1) is 26.7 Å². The highest BCUT2D eigenvalue weighted by Gasteiger charge is 2.46. The molecule has 3 heterocycles. The van der Waals surface area contributed by atoms with Gasteiger partial charge in [0, 0.05) is 13.1 Å². The number of piperazine rings is 3. The van der Waals surface area contributed by atoms with E-state index in [9.17, 15) is 4.79 Å². The van der Waals surface area contributed by atoms with E-state index in [1.165, 1.54) is 0 Å². The van der Waals surface area contributed by atoms with Crippen LogP contribution in [0.1, 0.15) is 0 Å². The zero-order valence-electron chi connectivity index (χ0n) is 7.49. The molecule has 0 aromatic rings. The van der Waals surface area contributed by atoms with Gasteiger partial charge in [-0.25, -0.2) is 0 Å². The molecule has 12 heavy (non-hydrogen) atoms. The first-order chi connectivity index (χ1) is 5.62. The number of carbonyl (C=O) groups is 1. The maximum absolute atomic E-state index is 11.1. The highest BCUT2D eigenvalue weighted by atomic mass is 16.1. The smallest absolute Gasteiger partial charge is 0.277 e. The van der Waals surface area contributed by atoms with Crippen LogP contribution in [0.2, 0.25) is 0 Å². The second kappa shape index (κ2) is 2.44. The van der Waals surface area contributed by atoms with E-state index in [0.717, 1.165) is 37.2 Å². The molecular formula is C8H16N3O+.